The average Bonchev–Trinajstić information content (AvgIpc) is 3.87. The molecule has 0 saturated heterocycles. The average molecular weight is 974 g/mol. The number of aliphatic hydroxyl groups is 4. The zero-order valence-corrected chi connectivity index (χ0v) is 48.2. The third-order valence-corrected chi connectivity index (χ3v) is 27.7. The van der Waals surface area contributed by atoms with Crippen molar-refractivity contribution in [3.05, 3.63) is 0 Å². The minimum Gasteiger partial charge on any atom is -0.393 e. The Balaban J connectivity index is 0.000000174. The van der Waals surface area contributed by atoms with Gasteiger partial charge >= 0.3 is 0 Å². The minimum atomic E-state index is -0.391. The number of rotatable bonds is 10. The molecule has 10 aliphatic rings. The molecule has 10 rings (SSSR count). The molecule has 0 spiro atoms. The third kappa shape index (κ3) is 10.0. The largest absolute Gasteiger partial charge is 0.393 e. The maximum absolute atomic E-state index is 11.4. The molecule has 0 amide bonds. The maximum Gasteiger partial charge on any atom is 0.0648 e. The molecule has 0 aromatic heterocycles. The van der Waals surface area contributed by atoms with Crippen LogP contribution in [0.2, 0.25) is 0 Å². The van der Waals surface area contributed by atoms with Gasteiger partial charge in [0, 0.05) is 0 Å². The first-order valence-corrected chi connectivity index (χ1v) is 31.6. The summed E-state index contributed by atoms with van der Waals surface area (Å²) in [6.45, 7) is 29.4. The smallest absolute Gasteiger partial charge is 0.0648 e. The number of hydrogen-bond donors (Lipinski definition) is 4. The van der Waals surface area contributed by atoms with Gasteiger partial charge in [-0.25, -0.2) is 0 Å². The van der Waals surface area contributed by atoms with Crippen LogP contribution in [0.15, 0.2) is 0 Å². The summed E-state index contributed by atoms with van der Waals surface area (Å²) in [6.07, 6.45) is 37.4. The number of hydrogen-bond acceptors (Lipinski definition) is 4. The van der Waals surface area contributed by atoms with Crippen LogP contribution >= 0.6 is 0 Å². The van der Waals surface area contributed by atoms with Gasteiger partial charge in [0.1, 0.15) is 0 Å². The quantitative estimate of drug-likeness (QED) is 0.176. The Morgan fingerprint density at radius 3 is 1.07 bits per heavy atom. The molecule has 0 unspecified atom stereocenters. The summed E-state index contributed by atoms with van der Waals surface area (Å²) in [6, 6.07) is 0. The molecule has 0 aliphatic heterocycles. The van der Waals surface area contributed by atoms with Gasteiger partial charge in [0.15, 0.2) is 0 Å². The van der Waals surface area contributed by atoms with E-state index in [0.717, 1.165) is 111 Å². The van der Waals surface area contributed by atoms with Crippen LogP contribution in [0.4, 0.5) is 0 Å². The molecule has 404 valence electrons. The molecule has 4 nitrogen and oxygen atoms in total. The maximum atomic E-state index is 11.4. The van der Waals surface area contributed by atoms with Crippen LogP contribution in [0.1, 0.15) is 276 Å². The number of aliphatic hydroxyl groups excluding tert-OH is 2. The lowest BCUT2D eigenvalue weighted by Crippen LogP contribution is -2.56. The molecule has 10 saturated carbocycles. The molecule has 10 aliphatic carbocycles. The van der Waals surface area contributed by atoms with Gasteiger partial charge in [-0.2, -0.15) is 0 Å². The second kappa shape index (κ2) is 20.0. The fourth-order valence-corrected chi connectivity index (χ4v) is 22.1. The zero-order chi connectivity index (χ0) is 50.5. The fraction of sp³-hybridized carbons (Fsp3) is 1.00. The summed E-state index contributed by atoms with van der Waals surface area (Å²) in [7, 11) is 0. The van der Waals surface area contributed by atoms with E-state index in [-0.39, 0.29) is 12.2 Å². The Morgan fingerprint density at radius 2 is 0.729 bits per heavy atom. The van der Waals surface area contributed by atoms with Gasteiger partial charge in [0.25, 0.3) is 0 Å². The van der Waals surface area contributed by atoms with Gasteiger partial charge < -0.3 is 20.4 Å². The van der Waals surface area contributed by atoms with Crippen LogP contribution in [-0.4, -0.2) is 43.8 Å². The van der Waals surface area contributed by atoms with Gasteiger partial charge in [0.05, 0.1) is 23.4 Å². The Bertz CT molecular complexity index is 1630. The molecule has 0 bridgehead atoms. The van der Waals surface area contributed by atoms with Crippen LogP contribution in [0, 0.1) is 115 Å². The van der Waals surface area contributed by atoms with Crippen LogP contribution in [-0.2, 0) is 0 Å². The predicted octanol–water partition coefficient (Wildman–Crippen LogP) is 16.8. The molecule has 10 fully saturated rings. The molecule has 0 aromatic rings. The van der Waals surface area contributed by atoms with E-state index in [1.165, 1.54) is 141 Å². The Morgan fingerprint density at radius 1 is 0.386 bits per heavy atom. The lowest BCUT2D eigenvalue weighted by molar-refractivity contribution is -0.154. The van der Waals surface area contributed by atoms with E-state index >= 15 is 0 Å². The van der Waals surface area contributed by atoms with Crippen molar-refractivity contribution in [3.63, 3.8) is 0 Å². The van der Waals surface area contributed by atoms with Gasteiger partial charge in [0.2, 0.25) is 0 Å². The van der Waals surface area contributed by atoms with E-state index in [9.17, 15) is 20.4 Å². The first kappa shape index (κ1) is 54.6. The molecular formula is C66H116O4. The number of fused-ring (bicyclic) bond motifs is 10. The second-order valence-electron chi connectivity index (χ2n) is 31.9. The monoisotopic (exact) mass is 973 g/mol. The lowest BCUT2D eigenvalue weighted by atomic mass is 9.43. The molecule has 4 heteroatoms. The molecule has 0 radical (unpaired) electrons. The highest BCUT2D eigenvalue weighted by Crippen LogP contribution is 2.71. The van der Waals surface area contributed by atoms with Crippen molar-refractivity contribution < 1.29 is 20.4 Å². The third-order valence-electron chi connectivity index (χ3n) is 27.7. The summed E-state index contributed by atoms with van der Waals surface area (Å²) >= 11 is 0. The summed E-state index contributed by atoms with van der Waals surface area (Å²) in [5.74, 6) is 10.4. The van der Waals surface area contributed by atoms with Crippen molar-refractivity contribution in [3.8, 4) is 0 Å². The lowest BCUT2D eigenvalue weighted by Gasteiger charge is -2.62. The van der Waals surface area contributed by atoms with Crippen LogP contribution in [0.5, 0.6) is 0 Å². The van der Waals surface area contributed by atoms with E-state index in [1.54, 1.807) is 0 Å². The zero-order valence-electron chi connectivity index (χ0n) is 48.2. The first-order chi connectivity index (χ1) is 32.8. The van der Waals surface area contributed by atoms with E-state index in [2.05, 4.69) is 83.1 Å². The second-order valence-corrected chi connectivity index (χ2v) is 31.9. The molecular weight excluding hydrogens is 857 g/mol. The van der Waals surface area contributed by atoms with Crippen molar-refractivity contribution in [1.82, 2.24) is 0 Å². The summed E-state index contributed by atoms with van der Waals surface area (Å²) in [5.41, 5.74) is 2.00. The van der Waals surface area contributed by atoms with E-state index in [1.807, 2.05) is 0 Å². The molecule has 0 aromatic carbocycles. The minimum absolute atomic E-state index is 0.113. The molecule has 0 heterocycles. The van der Waals surface area contributed by atoms with Crippen molar-refractivity contribution in [2.24, 2.45) is 115 Å². The van der Waals surface area contributed by atoms with Gasteiger partial charge in [-0.3, -0.25) is 0 Å². The summed E-state index contributed by atoms with van der Waals surface area (Å²) in [5, 5.41) is 45.1. The molecule has 4 N–H and O–H groups in total. The fourth-order valence-electron chi connectivity index (χ4n) is 22.1. The highest BCUT2D eigenvalue weighted by atomic mass is 16.3. The Labute approximate surface area is 433 Å². The molecule has 70 heavy (non-hydrogen) atoms. The van der Waals surface area contributed by atoms with E-state index in [0.29, 0.717) is 56.2 Å². The van der Waals surface area contributed by atoms with Crippen molar-refractivity contribution in [1.29, 1.82) is 0 Å². The topological polar surface area (TPSA) is 80.9 Å². The summed E-state index contributed by atoms with van der Waals surface area (Å²) < 4.78 is 0. The van der Waals surface area contributed by atoms with Gasteiger partial charge in [-0.15, -0.1) is 0 Å². The Hall–Kier alpha value is -0.160. The van der Waals surface area contributed by atoms with Gasteiger partial charge in [-0.05, 0) is 308 Å². The first-order valence-electron chi connectivity index (χ1n) is 31.6. The van der Waals surface area contributed by atoms with Crippen LogP contribution in [0.3, 0.4) is 0 Å². The predicted molar refractivity (Wildman–Crippen MR) is 292 cm³/mol. The van der Waals surface area contributed by atoms with Gasteiger partial charge in [-0.1, -0.05) is 83.1 Å². The van der Waals surface area contributed by atoms with Crippen molar-refractivity contribution in [2.75, 3.05) is 0 Å². The van der Waals surface area contributed by atoms with Crippen LogP contribution in [0.25, 0.3) is 0 Å². The van der Waals surface area contributed by atoms with E-state index in [4.69, 9.17) is 0 Å². The standard InChI is InChI=1S/2C33H58O2/c2*1-7-33(35)19-18-31(5)24(21-33)8-9-25-27-11-10-26(32(27,6)17-14-28(25)31)22(2)29(34)20-23-12-15-30(3,4)16-13-23/h2*22-29,34-35H,7-21H2,1-6H3/t22-,24+,25-,26+,27-,28-,29-,31-,32+,33-;22-,24-,25-,26+,27-,28-,29-,31-,32+,33-/m00/s1. The van der Waals surface area contributed by atoms with Crippen molar-refractivity contribution in [2.45, 2.75) is 299 Å². The highest BCUT2D eigenvalue weighted by molar-refractivity contribution is 5.13. The SMILES string of the molecule is CC[C@]1(O)CC[C@@]2(C)[C@@H](CC[C@@H]3[C@@H]2CC[C@]2(C)[C@@H]([C@H](C)[C@@H](O)CC4CCC(C)(C)CC4)CC[C@@H]32)C1.CC[C@]1(O)CC[C@@]2(C)[C@H](CC[C@@H]3[C@@H]2CC[C@]2(C)[C@@H]([C@H](C)[C@@H](O)CC4CCC(C)(C)CC4)CC[C@@H]32)C1. The highest BCUT2D eigenvalue weighted by Gasteiger charge is 2.64. The summed E-state index contributed by atoms with van der Waals surface area (Å²) in [4.78, 5) is 0. The Kier molecular flexibility index (Phi) is 15.6. The van der Waals surface area contributed by atoms with Crippen molar-refractivity contribution >= 4 is 0 Å². The molecule has 20 atom stereocenters. The van der Waals surface area contributed by atoms with E-state index < -0.39 is 11.2 Å². The van der Waals surface area contributed by atoms with Crippen LogP contribution < -0.4 is 0 Å². The normalized spacial score (nSPS) is 49.5.